The SMILES string of the molecule is CCCCCCCCCC1(C(=O)O)CCCCC1(CC(C)C)C(=O)O. The number of rotatable bonds is 12. The average Bonchev–Trinajstić information content (AvgIpc) is 2.54. The van der Waals surface area contributed by atoms with E-state index in [9.17, 15) is 19.8 Å². The Kier molecular flexibility index (Phi) is 8.95. The zero-order valence-corrected chi connectivity index (χ0v) is 16.5. The van der Waals surface area contributed by atoms with Crippen LogP contribution in [0.1, 0.15) is 104 Å². The Hall–Kier alpha value is -1.06. The van der Waals surface area contributed by atoms with Crippen molar-refractivity contribution < 1.29 is 19.8 Å². The fraction of sp³-hybridized carbons (Fsp3) is 0.905. The zero-order valence-electron chi connectivity index (χ0n) is 16.5. The van der Waals surface area contributed by atoms with Gasteiger partial charge in [0.15, 0.2) is 0 Å². The van der Waals surface area contributed by atoms with Crippen LogP contribution >= 0.6 is 0 Å². The van der Waals surface area contributed by atoms with Gasteiger partial charge < -0.3 is 10.2 Å². The summed E-state index contributed by atoms with van der Waals surface area (Å²) < 4.78 is 0. The zero-order chi connectivity index (χ0) is 18.9. The molecule has 1 fully saturated rings. The molecule has 0 heterocycles. The van der Waals surface area contributed by atoms with Gasteiger partial charge in [0.25, 0.3) is 0 Å². The quantitative estimate of drug-likeness (QED) is 0.429. The van der Waals surface area contributed by atoms with E-state index in [2.05, 4.69) is 6.92 Å². The first-order chi connectivity index (χ1) is 11.8. The Labute approximate surface area is 153 Å². The highest BCUT2D eigenvalue weighted by molar-refractivity contribution is 5.87. The number of carbonyl (C=O) groups is 2. The van der Waals surface area contributed by atoms with Gasteiger partial charge in [-0.25, -0.2) is 0 Å². The van der Waals surface area contributed by atoms with Crippen molar-refractivity contribution in [2.75, 3.05) is 0 Å². The number of unbranched alkanes of at least 4 members (excludes halogenated alkanes) is 6. The Morgan fingerprint density at radius 3 is 1.80 bits per heavy atom. The van der Waals surface area contributed by atoms with Gasteiger partial charge in [-0.15, -0.1) is 0 Å². The highest BCUT2D eigenvalue weighted by Gasteiger charge is 2.61. The molecule has 4 nitrogen and oxygen atoms in total. The predicted molar refractivity (Wildman–Crippen MR) is 101 cm³/mol. The van der Waals surface area contributed by atoms with Crippen molar-refractivity contribution in [1.82, 2.24) is 0 Å². The summed E-state index contributed by atoms with van der Waals surface area (Å²) in [5, 5.41) is 20.2. The van der Waals surface area contributed by atoms with Crippen molar-refractivity contribution in [1.29, 1.82) is 0 Å². The smallest absolute Gasteiger partial charge is 0.310 e. The minimum Gasteiger partial charge on any atom is -0.481 e. The predicted octanol–water partition coefficient (Wildman–Crippen LogP) is 5.89. The second-order valence-corrected chi connectivity index (χ2v) is 8.45. The van der Waals surface area contributed by atoms with E-state index in [1.165, 1.54) is 25.7 Å². The van der Waals surface area contributed by atoms with Gasteiger partial charge in [0.05, 0.1) is 10.8 Å². The first-order valence-electron chi connectivity index (χ1n) is 10.3. The molecule has 0 aliphatic heterocycles. The molecule has 0 amide bonds. The minimum atomic E-state index is -1.10. The highest BCUT2D eigenvalue weighted by atomic mass is 16.4. The molecule has 0 spiro atoms. The van der Waals surface area contributed by atoms with Crippen LogP contribution in [0.3, 0.4) is 0 Å². The van der Waals surface area contributed by atoms with Crippen LogP contribution in [0, 0.1) is 16.7 Å². The van der Waals surface area contributed by atoms with Gasteiger partial charge in [-0.1, -0.05) is 78.6 Å². The van der Waals surface area contributed by atoms with E-state index in [0.717, 1.165) is 32.1 Å². The highest BCUT2D eigenvalue weighted by Crippen LogP contribution is 2.57. The molecule has 146 valence electrons. The molecular weight excluding hydrogens is 316 g/mol. The largest absolute Gasteiger partial charge is 0.481 e. The Balaban J connectivity index is 2.86. The number of carboxylic acids is 2. The maximum absolute atomic E-state index is 12.3. The maximum Gasteiger partial charge on any atom is 0.310 e. The number of hydrogen-bond acceptors (Lipinski definition) is 2. The lowest BCUT2D eigenvalue weighted by Gasteiger charge is -2.49. The van der Waals surface area contributed by atoms with Gasteiger partial charge >= 0.3 is 11.9 Å². The molecule has 0 bridgehead atoms. The second-order valence-electron chi connectivity index (χ2n) is 8.45. The minimum absolute atomic E-state index is 0.182. The van der Waals surface area contributed by atoms with Crippen LogP contribution in [0.5, 0.6) is 0 Å². The lowest BCUT2D eigenvalue weighted by molar-refractivity contribution is -0.183. The van der Waals surface area contributed by atoms with E-state index >= 15 is 0 Å². The van der Waals surface area contributed by atoms with E-state index in [0.29, 0.717) is 25.7 Å². The molecule has 1 aliphatic rings. The third kappa shape index (κ3) is 5.21. The average molecular weight is 355 g/mol. The summed E-state index contributed by atoms with van der Waals surface area (Å²) >= 11 is 0. The van der Waals surface area contributed by atoms with Crippen molar-refractivity contribution >= 4 is 11.9 Å². The van der Waals surface area contributed by atoms with E-state index < -0.39 is 22.8 Å². The molecule has 2 atom stereocenters. The van der Waals surface area contributed by atoms with Gasteiger partial charge in [0.1, 0.15) is 0 Å². The monoisotopic (exact) mass is 354 g/mol. The molecule has 25 heavy (non-hydrogen) atoms. The molecule has 0 aromatic carbocycles. The van der Waals surface area contributed by atoms with Crippen molar-refractivity contribution in [2.45, 2.75) is 104 Å². The van der Waals surface area contributed by atoms with Crippen LogP contribution in [-0.2, 0) is 9.59 Å². The van der Waals surface area contributed by atoms with Crippen LogP contribution in [-0.4, -0.2) is 22.2 Å². The van der Waals surface area contributed by atoms with Crippen LogP contribution in [0.15, 0.2) is 0 Å². The van der Waals surface area contributed by atoms with Crippen LogP contribution in [0.4, 0.5) is 0 Å². The Morgan fingerprint density at radius 2 is 1.32 bits per heavy atom. The first kappa shape index (κ1) is 22.0. The lowest BCUT2D eigenvalue weighted by atomic mass is 9.51. The topological polar surface area (TPSA) is 74.6 Å². The molecule has 1 rings (SSSR count). The number of aliphatic carboxylic acids is 2. The fourth-order valence-corrected chi connectivity index (χ4v) is 4.89. The molecule has 1 saturated carbocycles. The Bertz CT molecular complexity index is 432. The third-order valence-electron chi connectivity index (χ3n) is 6.16. The van der Waals surface area contributed by atoms with Crippen molar-refractivity contribution in [3.8, 4) is 0 Å². The molecular formula is C21H38O4. The molecule has 0 saturated heterocycles. The molecule has 0 radical (unpaired) electrons. The van der Waals surface area contributed by atoms with Crippen molar-refractivity contribution in [3.05, 3.63) is 0 Å². The second kappa shape index (κ2) is 10.2. The van der Waals surface area contributed by atoms with Crippen molar-refractivity contribution in [2.24, 2.45) is 16.7 Å². The van der Waals surface area contributed by atoms with Gasteiger partial charge in [-0.3, -0.25) is 9.59 Å². The summed E-state index contributed by atoms with van der Waals surface area (Å²) in [6, 6.07) is 0. The van der Waals surface area contributed by atoms with Gasteiger partial charge in [0, 0.05) is 0 Å². The summed E-state index contributed by atoms with van der Waals surface area (Å²) in [6.45, 7) is 6.19. The summed E-state index contributed by atoms with van der Waals surface area (Å²) in [6.07, 6.45) is 11.5. The summed E-state index contributed by atoms with van der Waals surface area (Å²) in [7, 11) is 0. The number of hydrogen-bond donors (Lipinski definition) is 2. The molecule has 4 heteroatoms. The summed E-state index contributed by atoms with van der Waals surface area (Å²) in [4.78, 5) is 24.6. The lowest BCUT2D eigenvalue weighted by Crippen LogP contribution is -2.55. The van der Waals surface area contributed by atoms with E-state index in [1.807, 2.05) is 13.8 Å². The van der Waals surface area contributed by atoms with E-state index in [1.54, 1.807) is 0 Å². The van der Waals surface area contributed by atoms with Gasteiger partial charge in [0.2, 0.25) is 0 Å². The number of carboxylic acid groups (broad SMARTS) is 2. The first-order valence-corrected chi connectivity index (χ1v) is 10.3. The van der Waals surface area contributed by atoms with Gasteiger partial charge in [-0.05, 0) is 31.6 Å². The standard InChI is InChI=1S/C21H38O4/c1-4-5-6-7-8-9-10-13-20(18(22)23)14-11-12-15-21(20,19(24)25)16-17(2)3/h17H,4-16H2,1-3H3,(H,22,23)(H,24,25). The normalized spacial score (nSPS) is 26.7. The third-order valence-corrected chi connectivity index (χ3v) is 6.16. The van der Waals surface area contributed by atoms with Crippen LogP contribution in [0.2, 0.25) is 0 Å². The molecule has 1 aliphatic carbocycles. The van der Waals surface area contributed by atoms with Crippen LogP contribution in [0.25, 0.3) is 0 Å². The maximum atomic E-state index is 12.3. The Morgan fingerprint density at radius 1 is 0.840 bits per heavy atom. The molecule has 2 N–H and O–H groups in total. The fourth-order valence-electron chi connectivity index (χ4n) is 4.89. The summed E-state index contributed by atoms with van der Waals surface area (Å²) in [5.41, 5.74) is -2.20. The molecule has 0 aromatic heterocycles. The summed E-state index contributed by atoms with van der Waals surface area (Å²) in [5.74, 6) is -1.60. The molecule has 0 aromatic rings. The van der Waals surface area contributed by atoms with E-state index in [-0.39, 0.29) is 5.92 Å². The van der Waals surface area contributed by atoms with Crippen molar-refractivity contribution in [3.63, 3.8) is 0 Å². The van der Waals surface area contributed by atoms with Crippen LogP contribution < -0.4 is 0 Å². The molecule has 2 unspecified atom stereocenters. The van der Waals surface area contributed by atoms with E-state index in [4.69, 9.17) is 0 Å². The van der Waals surface area contributed by atoms with Gasteiger partial charge in [-0.2, -0.15) is 0 Å².